The molecule has 2 N–H and O–H groups in total. The molecule has 1 aromatic rings. The van der Waals surface area contributed by atoms with Gasteiger partial charge in [0.15, 0.2) is 0 Å². The molecule has 0 bridgehead atoms. The predicted molar refractivity (Wildman–Crippen MR) is 79.4 cm³/mol. The Hall–Kier alpha value is -1.35. The van der Waals surface area contributed by atoms with Gasteiger partial charge in [-0.1, -0.05) is 31.0 Å². The summed E-state index contributed by atoms with van der Waals surface area (Å²) >= 11 is 0. The average molecular weight is 270 g/mol. The number of anilines is 1. The summed E-state index contributed by atoms with van der Waals surface area (Å²) in [4.78, 5) is 14.9. The summed E-state index contributed by atoms with van der Waals surface area (Å²) in [6.45, 7) is 0.686. The second kappa shape index (κ2) is 4.59. The monoisotopic (exact) mass is 270 g/mol. The van der Waals surface area contributed by atoms with Crippen LogP contribution in [0.15, 0.2) is 24.3 Å². The topological polar surface area (TPSA) is 46.3 Å². The van der Waals surface area contributed by atoms with Crippen molar-refractivity contribution in [3.8, 4) is 0 Å². The van der Waals surface area contributed by atoms with Crippen molar-refractivity contribution < 1.29 is 4.79 Å². The number of rotatable bonds is 1. The molecule has 2 fully saturated rings. The van der Waals surface area contributed by atoms with E-state index >= 15 is 0 Å². The molecule has 1 aliphatic heterocycles. The summed E-state index contributed by atoms with van der Waals surface area (Å²) in [6, 6.07) is 8.32. The quantitative estimate of drug-likeness (QED) is 0.851. The minimum absolute atomic E-state index is 0.0784. The molecular weight excluding hydrogens is 248 g/mol. The molecule has 2 saturated carbocycles. The lowest BCUT2D eigenvalue weighted by atomic mass is 9.98. The van der Waals surface area contributed by atoms with Gasteiger partial charge in [-0.2, -0.15) is 0 Å². The number of hydrogen-bond acceptors (Lipinski definition) is 2. The highest BCUT2D eigenvalue weighted by Gasteiger charge is 2.56. The Morgan fingerprint density at radius 3 is 2.60 bits per heavy atom. The average Bonchev–Trinajstić information content (AvgIpc) is 3.20. The molecule has 1 heterocycles. The molecule has 3 atom stereocenters. The van der Waals surface area contributed by atoms with Gasteiger partial charge in [0, 0.05) is 24.2 Å². The molecule has 1 amide bonds. The summed E-state index contributed by atoms with van der Waals surface area (Å²) in [7, 11) is 0. The molecule has 3 unspecified atom stereocenters. The van der Waals surface area contributed by atoms with Gasteiger partial charge in [-0.15, -0.1) is 0 Å². The van der Waals surface area contributed by atoms with Crippen LogP contribution in [0.3, 0.4) is 0 Å². The lowest BCUT2D eigenvalue weighted by Crippen LogP contribution is -2.47. The number of carbonyl (C=O) groups excluding carboxylic acids is 1. The minimum Gasteiger partial charge on any atom is -0.326 e. The zero-order chi connectivity index (χ0) is 13.7. The molecule has 4 rings (SSSR count). The van der Waals surface area contributed by atoms with Gasteiger partial charge in [0.1, 0.15) is 0 Å². The Morgan fingerprint density at radius 2 is 1.85 bits per heavy atom. The first-order valence-electron chi connectivity index (χ1n) is 7.90. The summed E-state index contributed by atoms with van der Waals surface area (Å²) < 4.78 is 0. The van der Waals surface area contributed by atoms with Crippen molar-refractivity contribution in [1.82, 2.24) is 0 Å². The molecule has 0 spiro atoms. The van der Waals surface area contributed by atoms with Crippen LogP contribution in [0.2, 0.25) is 0 Å². The van der Waals surface area contributed by atoms with E-state index < -0.39 is 0 Å². The van der Waals surface area contributed by atoms with Crippen molar-refractivity contribution in [2.75, 3.05) is 11.4 Å². The van der Waals surface area contributed by atoms with Crippen molar-refractivity contribution in [3.63, 3.8) is 0 Å². The zero-order valence-electron chi connectivity index (χ0n) is 11.8. The van der Waals surface area contributed by atoms with Gasteiger partial charge in [-0.3, -0.25) is 4.79 Å². The number of para-hydroxylation sites is 1. The third kappa shape index (κ3) is 1.87. The fourth-order valence-electron chi connectivity index (χ4n) is 4.37. The number of amides is 1. The van der Waals surface area contributed by atoms with E-state index in [9.17, 15) is 4.79 Å². The first-order valence-corrected chi connectivity index (χ1v) is 7.90. The van der Waals surface area contributed by atoms with E-state index in [1.54, 1.807) is 0 Å². The summed E-state index contributed by atoms with van der Waals surface area (Å²) in [5.41, 5.74) is 8.48. The molecule has 2 aliphatic carbocycles. The molecule has 0 aromatic heterocycles. The second-order valence-corrected chi connectivity index (χ2v) is 6.68. The van der Waals surface area contributed by atoms with Gasteiger partial charge in [0.2, 0.25) is 5.91 Å². The summed E-state index contributed by atoms with van der Waals surface area (Å²) in [5, 5.41) is 0. The van der Waals surface area contributed by atoms with E-state index in [2.05, 4.69) is 12.1 Å². The predicted octanol–water partition coefficient (Wildman–Crippen LogP) is 2.34. The number of fused-ring (bicyclic) bond motifs is 2. The zero-order valence-corrected chi connectivity index (χ0v) is 11.8. The Balaban J connectivity index is 1.61. The molecule has 20 heavy (non-hydrogen) atoms. The van der Waals surface area contributed by atoms with Crippen LogP contribution in [0, 0.1) is 17.8 Å². The molecule has 0 saturated heterocycles. The maximum absolute atomic E-state index is 12.9. The largest absolute Gasteiger partial charge is 0.326 e. The van der Waals surface area contributed by atoms with Crippen LogP contribution in [0.25, 0.3) is 0 Å². The Bertz CT molecular complexity index is 530. The number of benzene rings is 1. The van der Waals surface area contributed by atoms with Gasteiger partial charge < -0.3 is 10.6 Å². The second-order valence-electron chi connectivity index (χ2n) is 6.68. The molecule has 3 nitrogen and oxygen atoms in total. The number of hydrogen-bond donors (Lipinski definition) is 1. The van der Waals surface area contributed by atoms with Crippen LogP contribution < -0.4 is 10.6 Å². The van der Waals surface area contributed by atoms with E-state index in [-0.39, 0.29) is 12.0 Å². The third-order valence-corrected chi connectivity index (χ3v) is 5.39. The van der Waals surface area contributed by atoms with Gasteiger partial charge in [0.05, 0.1) is 0 Å². The molecule has 0 radical (unpaired) electrons. The Labute approximate surface area is 120 Å². The van der Waals surface area contributed by atoms with E-state index in [4.69, 9.17) is 5.73 Å². The molecule has 3 aliphatic rings. The van der Waals surface area contributed by atoms with E-state index in [1.807, 2.05) is 17.0 Å². The Kier molecular flexibility index (Phi) is 2.84. The third-order valence-electron chi connectivity index (χ3n) is 5.39. The first kappa shape index (κ1) is 12.4. The fourth-order valence-corrected chi connectivity index (χ4v) is 4.37. The molecule has 106 valence electrons. The number of nitrogens with two attached hydrogens (primary N) is 1. The van der Waals surface area contributed by atoms with Crippen molar-refractivity contribution in [1.29, 1.82) is 0 Å². The van der Waals surface area contributed by atoms with Gasteiger partial charge in [0.25, 0.3) is 0 Å². The summed E-state index contributed by atoms with van der Waals surface area (Å²) in [6.07, 6.45) is 6.00. The van der Waals surface area contributed by atoms with E-state index in [1.165, 1.54) is 31.2 Å². The maximum Gasteiger partial charge on any atom is 0.230 e. The van der Waals surface area contributed by atoms with Crippen LogP contribution in [0.5, 0.6) is 0 Å². The highest BCUT2D eigenvalue weighted by atomic mass is 16.2. The van der Waals surface area contributed by atoms with Crippen molar-refractivity contribution in [2.45, 2.75) is 38.1 Å². The normalized spacial score (nSPS) is 35.1. The van der Waals surface area contributed by atoms with Gasteiger partial charge >= 0.3 is 0 Å². The van der Waals surface area contributed by atoms with Crippen molar-refractivity contribution in [2.24, 2.45) is 23.5 Å². The van der Waals surface area contributed by atoms with E-state index in [0.717, 1.165) is 12.1 Å². The standard InChI is InChI=1S/C17H22N2O/c18-12-9-11-5-1-4-8-15(11)19(10-12)17(20)16-13-6-2-3-7-14(13)16/h1,4-5,8,12-14,16H,2-3,6-7,9-10,18H2. The SMILES string of the molecule is NC1Cc2ccccc2N(C(=O)C2C3CCCCC32)C1. The van der Waals surface area contributed by atoms with Crippen LogP contribution in [0.4, 0.5) is 5.69 Å². The lowest BCUT2D eigenvalue weighted by Gasteiger charge is -2.33. The van der Waals surface area contributed by atoms with Crippen molar-refractivity contribution in [3.05, 3.63) is 29.8 Å². The highest BCUT2D eigenvalue weighted by molar-refractivity contribution is 5.98. The van der Waals surface area contributed by atoms with Crippen molar-refractivity contribution >= 4 is 11.6 Å². The molecule has 3 heteroatoms. The van der Waals surface area contributed by atoms with Crippen LogP contribution in [0.1, 0.15) is 31.2 Å². The van der Waals surface area contributed by atoms with Crippen LogP contribution in [-0.2, 0) is 11.2 Å². The number of carbonyl (C=O) groups is 1. The van der Waals surface area contributed by atoms with Gasteiger partial charge in [-0.25, -0.2) is 0 Å². The van der Waals surface area contributed by atoms with E-state index in [0.29, 0.717) is 24.3 Å². The van der Waals surface area contributed by atoms with Crippen LogP contribution in [-0.4, -0.2) is 18.5 Å². The smallest absolute Gasteiger partial charge is 0.230 e. The highest BCUT2D eigenvalue weighted by Crippen LogP contribution is 2.56. The maximum atomic E-state index is 12.9. The Morgan fingerprint density at radius 1 is 1.15 bits per heavy atom. The molecule has 1 aromatic carbocycles. The van der Waals surface area contributed by atoms with Crippen LogP contribution >= 0.6 is 0 Å². The fraction of sp³-hybridized carbons (Fsp3) is 0.588. The summed E-state index contributed by atoms with van der Waals surface area (Å²) in [5.74, 6) is 1.96. The number of nitrogens with zero attached hydrogens (tertiary/aromatic N) is 1. The van der Waals surface area contributed by atoms with Gasteiger partial charge in [-0.05, 0) is 42.7 Å². The lowest BCUT2D eigenvalue weighted by molar-refractivity contribution is -0.120. The molecular formula is C17H22N2O. The minimum atomic E-state index is 0.0784. The first-order chi connectivity index (χ1) is 9.75.